The Bertz CT molecular complexity index is 822. The third-order valence-corrected chi connectivity index (χ3v) is 5.77. The van der Waals surface area contributed by atoms with Gasteiger partial charge in [-0.1, -0.05) is 12.1 Å². The fourth-order valence-corrected chi connectivity index (χ4v) is 4.41. The van der Waals surface area contributed by atoms with Crippen LogP contribution in [0.2, 0.25) is 0 Å². The molecular weight excluding hydrogens is 376 g/mol. The molecule has 1 unspecified atom stereocenters. The number of fused-ring (bicyclic) bond motifs is 1. The number of rotatable bonds is 5. The Morgan fingerprint density at radius 3 is 2.82 bits per heavy atom. The third kappa shape index (κ3) is 4.72. The van der Waals surface area contributed by atoms with E-state index in [0.717, 1.165) is 19.4 Å². The SMILES string of the molecule is CCC1c2ccsc2CCN1Cc1nc(C(C)(C)NC(=O)OC(C)(C)C)no1. The van der Waals surface area contributed by atoms with Gasteiger partial charge >= 0.3 is 6.09 Å². The fraction of sp³-hybridized carbons (Fsp3) is 0.650. The first-order valence-corrected chi connectivity index (χ1v) is 10.6. The van der Waals surface area contributed by atoms with Crippen LogP contribution in [0.25, 0.3) is 0 Å². The van der Waals surface area contributed by atoms with Crippen LogP contribution in [0.5, 0.6) is 0 Å². The second kappa shape index (κ2) is 7.83. The highest BCUT2D eigenvalue weighted by Crippen LogP contribution is 2.36. The number of amides is 1. The summed E-state index contributed by atoms with van der Waals surface area (Å²) < 4.78 is 10.8. The number of ether oxygens (including phenoxy) is 1. The molecule has 0 saturated heterocycles. The Morgan fingerprint density at radius 2 is 2.14 bits per heavy atom. The van der Waals surface area contributed by atoms with Gasteiger partial charge in [-0.15, -0.1) is 11.3 Å². The summed E-state index contributed by atoms with van der Waals surface area (Å²) in [6, 6.07) is 2.60. The number of aromatic nitrogens is 2. The minimum Gasteiger partial charge on any atom is -0.444 e. The predicted molar refractivity (Wildman–Crippen MR) is 108 cm³/mol. The Balaban J connectivity index is 1.67. The first-order chi connectivity index (χ1) is 13.1. The van der Waals surface area contributed by atoms with E-state index < -0.39 is 17.2 Å². The van der Waals surface area contributed by atoms with Crippen molar-refractivity contribution in [1.29, 1.82) is 0 Å². The fourth-order valence-electron chi connectivity index (χ4n) is 3.48. The Hall–Kier alpha value is -1.93. The van der Waals surface area contributed by atoms with Crippen molar-refractivity contribution >= 4 is 17.4 Å². The van der Waals surface area contributed by atoms with E-state index in [2.05, 4.69) is 38.7 Å². The average molecular weight is 407 g/mol. The first-order valence-electron chi connectivity index (χ1n) is 9.73. The summed E-state index contributed by atoms with van der Waals surface area (Å²) in [6.45, 7) is 12.9. The molecule has 3 heterocycles. The van der Waals surface area contributed by atoms with Crippen LogP contribution in [-0.2, 0) is 23.2 Å². The normalized spacial score (nSPS) is 18.0. The van der Waals surface area contributed by atoms with Crippen molar-refractivity contribution in [3.05, 3.63) is 33.6 Å². The zero-order valence-electron chi connectivity index (χ0n) is 17.5. The van der Waals surface area contributed by atoms with Gasteiger partial charge in [-0.2, -0.15) is 4.98 Å². The number of hydrogen-bond acceptors (Lipinski definition) is 7. The van der Waals surface area contributed by atoms with E-state index in [1.165, 1.54) is 10.4 Å². The zero-order valence-corrected chi connectivity index (χ0v) is 18.4. The molecule has 0 aromatic carbocycles. The molecule has 0 bridgehead atoms. The molecule has 0 fully saturated rings. The highest BCUT2D eigenvalue weighted by atomic mass is 32.1. The Labute approximate surface area is 170 Å². The van der Waals surface area contributed by atoms with Crippen LogP contribution in [0.4, 0.5) is 4.79 Å². The van der Waals surface area contributed by atoms with Crippen molar-refractivity contribution < 1.29 is 14.1 Å². The predicted octanol–water partition coefficient (Wildman–Crippen LogP) is 4.40. The lowest BCUT2D eigenvalue weighted by Crippen LogP contribution is -2.44. The van der Waals surface area contributed by atoms with Crippen LogP contribution >= 0.6 is 11.3 Å². The molecule has 8 heteroatoms. The number of alkyl carbamates (subject to hydrolysis) is 1. The summed E-state index contributed by atoms with van der Waals surface area (Å²) in [5.74, 6) is 1.00. The highest BCUT2D eigenvalue weighted by molar-refractivity contribution is 7.10. The van der Waals surface area contributed by atoms with Gasteiger partial charge in [-0.25, -0.2) is 4.79 Å². The molecule has 0 aliphatic carbocycles. The molecule has 2 aromatic heterocycles. The van der Waals surface area contributed by atoms with Crippen molar-refractivity contribution in [1.82, 2.24) is 20.4 Å². The largest absolute Gasteiger partial charge is 0.444 e. The van der Waals surface area contributed by atoms with Gasteiger partial charge in [0.15, 0.2) is 5.82 Å². The van der Waals surface area contributed by atoms with E-state index >= 15 is 0 Å². The lowest BCUT2D eigenvalue weighted by Gasteiger charge is -2.34. The van der Waals surface area contributed by atoms with Gasteiger partial charge in [0.2, 0.25) is 5.89 Å². The molecule has 28 heavy (non-hydrogen) atoms. The van der Waals surface area contributed by atoms with E-state index in [0.29, 0.717) is 24.3 Å². The second-order valence-electron chi connectivity index (χ2n) is 8.71. The van der Waals surface area contributed by atoms with Crippen LogP contribution in [0.3, 0.4) is 0 Å². The van der Waals surface area contributed by atoms with Gasteiger partial charge < -0.3 is 14.6 Å². The standard InChI is InChI=1S/C20H30N4O3S/c1-7-14-13-9-11-28-15(13)8-10-24(14)12-16-21-17(23-27-16)20(5,6)22-18(25)26-19(2,3)4/h9,11,14H,7-8,10,12H2,1-6H3,(H,22,25). The molecule has 1 aliphatic heterocycles. The lowest BCUT2D eigenvalue weighted by molar-refractivity contribution is 0.0465. The number of nitrogens with one attached hydrogen (secondary N) is 1. The van der Waals surface area contributed by atoms with E-state index in [9.17, 15) is 4.79 Å². The van der Waals surface area contributed by atoms with Crippen molar-refractivity contribution in [3.63, 3.8) is 0 Å². The average Bonchev–Trinajstić information content (AvgIpc) is 3.21. The Morgan fingerprint density at radius 1 is 1.39 bits per heavy atom. The van der Waals surface area contributed by atoms with Gasteiger partial charge in [0, 0.05) is 17.5 Å². The van der Waals surface area contributed by atoms with Gasteiger partial charge in [0.25, 0.3) is 0 Å². The molecule has 0 spiro atoms. The van der Waals surface area contributed by atoms with Crippen LogP contribution in [0.15, 0.2) is 16.0 Å². The minimum atomic E-state index is -0.795. The van der Waals surface area contributed by atoms with E-state index in [1.807, 2.05) is 46.0 Å². The maximum absolute atomic E-state index is 12.1. The molecule has 154 valence electrons. The van der Waals surface area contributed by atoms with Crippen LogP contribution in [0.1, 0.15) is 76.2 Å². The molecule has 1 atom stereocenters. The van der Waals surface area contributed by atoms with Crippen molar-refractivity contribution in [2.24, 2.45) is 0 Å². The molecule has 1 aliphatic rings. The maximum Gasteiger partial charge on any atom is 0.408 e. The van der Waals surface area contributed by atoms with Gasteiger partial charge in [0.1, 0.15) is 11.1 Å². The van der Waals surface area contributed by atoms with Crippen molar-refractivity contribution in [2.45, 2.75) is 78.1 Å². The van der Waals surface area contributed by atoms with Gasteiger partial charge in [-0.3, -0.25) is 4.90 Å². The molecule has 1 N–H and O–H groups in total. The molecule has 3 rings (SSSR count). The van der Waals surface area contributed by atoms with Crippen molar-refractivity contribution in [2.75, 3.05) is 6.54 Å². The number of nitrogens with zero attached hydrogens (tertiary/aromatic N) is 3. The molecule has 0 saturated carbocycles. The first kappa shape index (κ1) is 20.8. The topological polar surface area (TPSA) is 80.5 Å². The molecule has 1 amide bonds. The summed E-state index contributed by atoms with van der Waals surface area (Å²) in [5.41, 5.74) is 0.0637. The van der Waals surface area contributed by atoms with E-state index in [4.69, 9.17) is 9.26 Å². The summed E-state index contributed by atoms with van der Waals surface area (Å²) in [7, 11) is 0. The van der Waals surface area contributed by atoms with Gasteiger partial charge in [-0.05, 0) is 64.5 Å². The highest BCUT2D eigenvalue weighted by Gasteiger charge is 2.32. The number of thiophene rings is 1. The number of carbonyl (C=O) groups is 1. The van der Waals surface area contributed by atoms with Crippen LogP contribution < -0.4 is 5.32 Å². The summed E-state index contributed by atoms with van der Waals surface area (Å²) in [6.07, 6.45) is 1.59. The lowest BCUT2D eigenvalue weighted by atomic mass is 9.98. The second-order valence-corrected chi connectivity index (χ2v) is 9.71. The minimum absolute atomic E-state index is 0.373. The monoisotopic (exact) mass is 406 g/mol. The number of carbonyl (C=O) groups excluding carboxylic acids is 1. The zero-order chi connectivity index (χ0) is 20.5. The van der Waals surface area contributed by atoms with E-state index in [-0.39, 0.29) is 0 Å². The molecule has 0 radical (unpaired) electrons. The van der Waals surface area contributed by atoms with Crippen LogP contribution in [0, 0.1) is 0 Å². The van der Waals surface area contributed by atoms with Crippen molar-refractivity contribution in [3.8, 4) is 0 Å². The number of hydrogen-bond donors (Lipinski definition) is 1. The molecular formula is C20H30N4O3S. The van der Waals surface area contributed by atoms with E-state index in [1.54, 1.807) is 0 Å². The summed E-state index contributed by atoms with van der Waals surface area (Å²) in [4.78, 5) is 20.5. The maximum atomic E-state index is 12.1. The van der Waals surface area contributed by atoms with Crippen LogP contribution in [-0.4, -0.2) is 33.3 Å². The third-order valence-electron chi connectivity index (χ3n) is 4.77. The van der Waals surface area contributed by atoms with Gasteiger partial charge in [0.05, 0.1) is 6.54 Å². The quantitative estimate of drug-likeness (QED) is 0.793. The molecule has 7 nitrogen and oxygen atoms in total. The molecule has 2 aromatic rings. The summed E-state index contributed by atoms with van der Waals surface area (Å²) >= 11 is 1.84. The summed E-state index contributed by atoms with van der Waals surface area (Å²) in [5, 5.41) is 9.10. The Kier molecular flexibility index (Phi) is 5.82. The smallest absolute Gasteiger partial charge is 0.408 e.